The van der Waals surface area contributed by atoms with Gasteiger partial charge < -0.3 is 26.7 Å². The number of aromatic amines is 1. The third-order valence-electron chi connectivity index (χ3n) is 5.46. The summed E-state index contributed by atoms with van der Waals surface area (Å²) in [5.74, 6) is -1.16. The Morgan fingerprint density at radius 2 is 1.93 bits per heavy atom. The normalized spacial score (nSPS) is 19.7. The number of aryl methyl sites for hydroxylation is 1. The maximum absolute atomic E-state index is 13.3. The Labute approximate surface area is 163 Å². The van der Waals surface area contributed by atoms with Crippen LogP contribution in [0.25, 0.3) is 10.9 Å². The van der Waals surface area contributed by atoms with Crippen LogP contribution in [0.2, 0.25) is 0 Å². The highest BCUT2D eigenvalue weighted by Gasteiger charge is 2.45. The summed E-state index contributed by atoms with van der Waals surface area (Å²) in [5.41, 5.74) is 7.37. The number of rotatable bonds is 5. The number of nitrogens with two attached hydrogens (primary N) is 1. The Morgan fingerprint density at radius 1 is 1.21 bits per heavy atom. The first-order valence-corrected chi connectivity index (χ1v) is 9.46. The van der Waals surface area contributed by atoms with E-state index in [1.165, 1.54) is 7.05 Å². The average molecular weight is 385 g/mol. The van der Waals surface area contributed by atoms with Crippen LogP contribution in [-0.4, -0.2) is 41.5 Å². The number of amides is 4. The average Bonchev–Trinajstić information content (AvgIpc) is 3.02. The van der Waals surface area contributed by atoms with Gasteiger partial charge in [-0.1, -0.05) is 32.0 Å². The molecule has 0 fully saturated rings. The van der Waals surface area contributed by atoms with Crippen molar-refractivity contribution in [1.82, 2.24) is 20.9 Å². The molecule has 1 aliphatic rings. The van der Waals surface area contributed by atoms with Crippen molar-refractivity contribution < 1.29 is 14.4 Å². The summed E-state index contributed by atoms with van der Waals surface area (Å²) in [6.45, 7) is 3.63. The number of hydrogen-bond donors (Lipinski definition) is 5. The number of hydrogen-bond acceptors (Lipinski definition) is 3. The van der Waals surface area contributed by atoms with Crippen molar-refractivity contribution in [3.05, 3.63) is 35.5 Å². The highest BCUT2D eigenvalue weighted by Crippen LogP contribution is 2.34. The highest BCUT2D eigenvalue weighted by molar-refractivity contribution is 5.96. The van der Waals surface area contributed by atoms with Crippen molar-refractivity contribution in [3.63, 3.8) is 0 Å². The molecule has 4 amide bonds. The van der Waals surface area contributed by atoms with Crippen LogP contribution in [0.5, 0.6) is 0 Å². The fraction of sp³-hybridized carbons (Fsp3) is 0.450. The van der Waals surface area contributed by atoms with Gasteiger partial charge in [-0.2, -0.15) is 0 Å². The van der Waals surface area contributed by atoms with Crippen molar-refractivity contribution >= 4 is 28.7 Å². The number of urea groups is 1. The monoisotopic (exact) mass is 385 g/mol. The molecule has 0 bridgehead atoms. The molecule has 0 unspecified atom stereocenters. The Morgan fingerprint density at radius 3 is 2.57 bits per heavy atom. The SMILES string of the molecule is CNC(=O)N[C@@]1(C(=O)N[C@H](C(N)=O)C(C)C)CCc2[nH]c3ccccc3c2C1. The van der Waals surface area contributed by atoms with Crippen molar-refractivity contribution in [2.45, 2.75) is 44.7 Å². The van der Waals surface area contributed by atoms with Gasteiger partial charge >= 0.3 is 6.03 Å². The lowest BCUT2D eigenvalue weighted by atomic mass is 9.78. The Bertz CT molecular complexity index is 920. The summed E-state index contributed by atoms with van der Waals surface area (Å²) >= 11 is 0. The van der Waals surface area contributed by atoms with Gasteiger partial charge in [0.1, 0.15) is 11.6 Å². The molecule has 150 valence electrons. The van der Waals surface area contributed by atoms with Gasteiger partial charge in [0.2, 0.25) is 11.8 Å². The standard InChI is InChI=1S/C20H27N5O3/c1-11(2)16(17(21)26)24-18(27)20(25-19(28)22-3)9-8-15-13(10-20)12-6-4-5-7-14(12)23-15/h4-7,11,16,23H,8-10H2,1-3H3,(H2,21,26)(H,24,27)(H2,22,25,28)/t16-,20-/m0/s1. The zero-order chi connectivity index (χ0) is 20.5. The third kappa shape index (κ3) is 3.54. The molecular formula is C20H27N5O3. The number of primary amides is 1. The molecule has 1 heterocycles. The molecule has 1 aliphatic carbocycles. The predicted molar refractivity (Wildman–Crippen MR) is 107 cm³/mol. The van der Waals surface area contributed by atoms with Gasteiger partial charge in [0.25, 0.3) is 0 Å². The Kier molecular flexibility index (Phi) is 5.31. The number of benzene rings is 1. The van der Waals surface area contributed by atoms with Gasteiger partial charge in [-0.25, -0.2) is 4.79 Å². The zero-order valence-corrected chi connectivity index (χ0v) is 16.4. The lowest BCUT2D eigenvalue weighted by Gasteiger charge is -2.37. The lowest BCUT2D eigenvalue weighted by molar-refractivity contribution is -0.132. The van der Waals surface area contributed by atoms with Gasteiger partial charge in [-0.3, -0.25) is 9.59 Å². The van der Waals surface area contributed by atoms with Crippen LogP contribution in [0.4, 0.5) is 4.79 Å². The van der Waals surface area contributed by atoms with Crippen molar-refractivity contribution in [3.8, 4) is 0 Å². The second kappa shape index (κ2) is 7.53. The number of nitrogens with one attached hydrogen (secondary N) is 4. The summed E-state index contributed by atoms with van der Waals surface area (Å²) in [6, 6.07) is 6.63. The minimum atomic E-state index is -1.17. The summed E-state index contributed by atoms with van der Waals surface area (Å²) in [4.78, 5) is 40.6. The van der Waals surface area contributed by atoms with E-state index in [1.54, 1.807) is 0 Å². The number of para-hydroxylation sites is 1. The number of carbonyl (C=O) groups excluding carboxylic acids is 3. The first-order chi connectivity index (χ1) is 13.3. The minimum Gasteiger partial charge on any atom is -0.368 e. The largest absolute Gasteiger partial charge is 0.368 e. The molecular weight excluding hydrogens is 358 g/mol. The second-order valence-electron chi connectivity index (χ2n) is 7.69. The number of H-pyrrole nitrogens is 1. The van der Waals surface area contributed by atoms with Crippen LogP contribution in [0, 0.1) is 5.92 Å². The molecule has 8 nitrogen and oxygen atoms in total. The number of carbonyl (C=O) groups is 3. The molecule has 0 aliphatic heterocycles. The number of aromatic nitrogens is 1. The van der Waals surface area contributed by atoms with E-state index in [4.69, 9.17) is 5.73 Å². The van der Waals surface area contributed by atoms with Crippen LogP contribution >= 0.6 is 0 Å². The molecule has 0 saturated carbocycles. The molecule has 8 heteroatoms. The smallest absolute Gasteiger partial charge is 0.315 e. The molecule has 0 saturated heterocycles. The molecule has 3 rings (SSSR count). The van der Waals surface area contributed by atoms with Gasteiger partial charge in [0.15, 0.2) is 0 Å². The summed E-state index contributed by atoms with van der Waals surface area (Å²) in [5, 5.41) is 9.14. The van der Waals surface area contributed by atoms with Crippen LogP contribution in [-0.2, 0) is 22.4 Å². The highest BCUT2D eigenvalue weighted by atomic mass is 16.2. The maximum atomic E-state index is 13.3. The molecule has 28 heavy (non-hydrogen) atoms. The molecule has 2 aromatic rings. The molecule has 2 atom stereocenters. The van der Waals surface area contributed by atoms with E-state index in [2.05, 4.69) is 20.9 Å². The van der Waals surface area contributed by atoms with E-state index < -0.39 is 29.4 Å². The molecule has 1 aromatic heterocycles. The van der Waals surface area contributed by atoms with Crippen LogP contribution in [0.3, 0.4) is 0 Å². The molecule has 6 N–H and O–H groups in total. The first-order valence-electron chi connectivity index (χ1n) is 9.46. The molecule has 1 aromatic carbocycles. The van der Waals surface area contributed by atoms with Gasteiger partial charge in [-0.05, 0) is 30.4 Å². The second-order valence-corrected chi connectivity index (χ2v) is 7.69. The molecule has 0 radical (unpaired) electrons. The van der Waals surface area contributed by atoms with E-state index in [0.29, 0.717) is 19.3 Å². The Hall–Kier alpha value is -3.03. The topological polar surface area (TPSA) is 129 Å². The van der Waals surface area contributed by atoms with Gasteiger partial charge in [-0.15, -0.1) is 0 Å². The van der Waals surface area contributed by atoms with Gasteiger partial charge in [0.05, 0.1) is 0 Å². The Balaban J connectivity index is 1.98. The predicted octanol–water partition coefficient (Wildman–Crippen LogP) is 0.951. The summed E-state index contributed by atoms with van der Waals surface area (Å²) in [7, 11) is 1.50. The van der Waals surface area contributed by atoms with E-state index in [0.717, 1.165) is 22.2 Å². The van der Waals surface area contributed by atoms with Gasteiger partial charge in [0, 0.05) is 30.1 Å². The van der Waals surface area contributed by atoms with Crippen LogP contribution < -0.4 is 21.7 Å². The quantitative estimate of drug-likeness (QED) is 0.525. The van der Waals surface area contributed by atoms with E-state index in [1.807, 2.05) is 38.1 Å². The first kappa shape index (κ1) is 19.7. The minimum absolute atomic E-state index is 0.161. The van der Waals surface area contributed by atoms with Crippen molar-refractivity contribution in [2.24, 2.45) is 11.7 Å². The fourth-order valence-corrected chi connectivity index (χ4v) is 3.88. The summed E-state index contributed by atoms with van der Waals surface area (Å²) in [6.07, 6.45) is 1.34. The van der Waals surface area contributed by atoms with Crippen LogP contribution in [0.1, 0.15) is 31.5 Å². The fourth-order valence-electron chi connectivity index (χ4n) is 3.88. The molecule has 0 spiro atoms. The summed E-state index contributed by atoms with van der Waals surface area (Å²) < 4.78 is 0. The maximum Gasteiger partial charge on any atom is 0.315 e. The zero-order valence-electron chi connectivity index (χ0n) is 16.4. The van der Waals surface area contributed by atoms with Crippen molar-refractivity contribution in [1.29, 1.82) is 0 Å². The van der Waals surface area contributed by atoms with E-state index in [9.17, 15) is 14.4 Å². The van der Waals surface area contributed by atoms with E-state index >= 15 is 0 Å². The van der Waals surface area contributed by atoms with Crippen molar-refractivity contribution in [2.75, 3.05) is 7.05 Å². The van der Waals surface area contributed by atoms with E-state index in [-0.39, 0.29) is 5.92 Å². The third-order valence-corrected chi connectivity index (χ3v) is 5.46. The lowest BCUT2D eigenvalue weighted by Crippen LogP contribution is -2.65. The number of fused-ring (bicyclic) bond motifs is 3. The van der Waals surface area contributed by atoms with Crippen LogP contribution in [0.15, 0.2) is 24.3 Å².